The number of carbonyl (C=O) groups excluding carboxylic acids is 1. The van der Waals surface area contributed by atoms with Gasteiger partial charge in [0.05, 0.1) is 17.1 Å². The molecule has 7 heteroatoms. The molecule has 0 saturated carbocycles. The number of likely N-dealkylation sites (tertiary alicyclic amines) is 1. The Morgan fingerprint density at radius 2 is 2.12 bits per heavy atom. The van der Waals surface area contributed by atoms with Crippen LogP contribution in [0.1, 0.15) is 40.3 Å². The first-order valence-electron chi connectivity index (χ1n) is 8.11. The molecule has 24 heavy (non-hydrogen) atoms. The lowest BCUT2D eigenvalue weighted by molar-refractivity contribution is 0.0724. The van der Waals surface area contributed by atoms with Gasteiger partial charge in [-0.25, -0.2) is 9.97 Å². The number of thiazole rings is 1. The predicted octanol–water partition coefficient (Wildman–Crippen LogP) is 3.76. The third-order valence-electron chi connectivity index (χ3n) is 4.11. The topological polar surface area (TPSA) is 49.3 Å². The summed E-state index contributed by atoms with van der Waals surface area (Å²) in [6.45, 7) is 4.26. The summed E-state index contributed by atoms with van der Waals surface area (Å²) >= 11 is 8.01. The number of carbonyl (C=O) groups is 1. The molecule has 0 bridgehead atoms. The van der Waals surface area contributed by atoms with Crippen LogP contribution in [-0.2, 0) is 6.54 Å². The van der Waals surface area contributed by atoms with E-state index >= 15 is 0 Å². The predicted molar refractivity (Wildman–Crippen MR) is 98.0 cm³/mol. The maximum absolute atomic E-state index is 12.5. The Hall–Kier alpha value is -1.66. The third kappa shape index (κ3) is 3.87. The van der Waals surface area contributed by atoms with Crippen molar-refractivity contribution in [2.75, 3.05) is 25.0 Å². The van der Waals surface area contributed by atoms with Gasteiger partial charge in [0.2, 0.25) is 0 Å². The zero-order chi connectivity index (χ0) is 17.1. The number of piperidine rings is 1. The van der Waals surface area contributed by atoms with Crippen molar-refractivity contribution in [3.63, 3.8) is 0 Å². The first-order valence-corrected chi connectivity index (χ1v) is 9.37. The fourth-order valence-corrected chi connectivity index (χ4v) is 4.00. The number of amides is 1. The van der Waals surface area contributed by atoms with Crippen molar-refractivity contribution < 1.29 is 4.79 Å². The number of halogens is 1. The minimum absolute atomic E-state index is 0.0221. The number of rotatable bonds is 4. The van der Waals surface area contributed by atoms with Crippen molar-refractivity contribution >= 4 is 34.7 Å². The molecule has 1 aliphatic heterocycles. The van der Waals surface area contributed by atoms with Gasteiger partial charge in [-0.2, -0.15) is 0 Å². The number of pyridine rings is 1. The highest BCUT2D eigenvalue weighted by molar-refractivity contribution is 7.09. The van der Waals surface area contributed by atoms with Gasteiger partial charge in [-0.05, 0) is 32.3 Å². The highest BCUT2D eigenvalue weighted by Crippen LogP contribution is 2.26. The highest BCUT2D eigenvalue weighted by Gasteiger charge is 2.20. The highest BCUT2D eigenvalue weighted by atomic mass is 35.5. The first-order chi connectivity index (χ1) is 11.5. The molecule has 2 aromatic heterocycles. The smallest absolute Gasteiger partial charge is 0.255 e. The lowest BCUT2D eigenvalue weighted by Crippen LogP contribution is -2.35. The second kappa shape index (κ2) is 7.49. The lowest BCUT2D eigenvalue weighted by Gasteiger charge is -2.27. The van der Waals surface area contributed by atoms with E-state index in [-0.39, 0.29) is 5.91 Å². The summed E-state index contributed by atoms with van der Waals surface area (Å²) < 4.78 is 0. The Morgan fingerprint density at radius 1 is 1.38 bits per heavy atom. The molecule has 2 aromatic rings. The van der Waals surface area contributed by atoms with Crippen LogP contribution in [0.5, 0.6) is 0 Å². The molecule has 1 saturated heterocycles. The summed E-state index contributed by atoms with van der Waals surface area (Å²) in [6.07, 6.45) is 4.96. The Kier molecular flexibility index (Phi) is 5.36. The fraction of sp³-hybridized carbons (Fsp3) is 0.471. The molecule has 3 heterocycles. The molecule has 0 aromatic carbocycles. The van der Waals surface area contributed by atoms with Crippen LogP contribution in [0.15, 0.2) is 17.6 Å². The molecule has 0 N–H and O–H groups in total. The summed E-state index contributed by atoms with van der Waals surface area (Å²) in [6, 6.07) is 1.73. The van der Waals surface area contributed by atoms with E-state index in [0.29, 0.717) is 22.9 Å². The summed E-state index contributed by atoms with van der Waals surface area (Å²) in [4.78, 5) is 25.3. The van der Waals surface area contributed by atoms with E-state index < -0.39 is 0 Å². The molecule has 0 unspecified atom stereocenters. The molecule has 0 radical (unpaired) electrons. The number of hydrogen-bond acceptors (Lipinski definition) is 5. The van der Waals surface area contributed by atoms with Gasteiger partial charge < -0.3 is 9.80 Å². The van der Waals surface area contributed by atoms with Gasteiger partial charge in [0.25, 0.3) is 5.91 Å². The van der Waals surface area contributed by atoms with Crippen LogP contribution in [-0.4, -0.2) is 40.9 Å². The van der Waals surface area contributed by atoms with E-state index in [2.05, 4.69) is 9.97 Å². The number of nitrogens with zero attached hydrogens (tertiary/aromatic N) is 4. The molecule has 1 fully saturated rings. The molecular weight excluding hydrogens is 344 g/mol. The van der Waals surface area contributed by atoms with Crippen molar-refractivity contribution in [3.8, 4) is 0 Å². The number of aryl methyl sites for hydroxylation is 1. The van der Waals surface area contributed by atoms with Crippen LogP contribution in [0.25, 0.3) is 0 Å². The quantitative estimate of drug-likeness (QED) is 0.828. The van der Waals surface area contributed by atoms with E-state index in [4.69, 9.17) is 11.6 Å². The zero-order valence-electron chi connectivity index (χ0n) is 14.0. The van der Waals surface area contributed by atoms with E-state index in [0.717, 1.165) is 36.6 Å². The van der Waals surface area contributed by atoms with E-state index in [1.807, 2.05) is 29.2 Å². The van der Waals surface area contributed by atoms with Crippen molar-refractivity contribution in [3.05, 3.63) is 38.9 Å². The van der Waals surface area contributed by atoms with Crippen LogP contribution >= 0.6 is 22.9 Å². The van der Waals surface area contributed by atoms with Gasteiger partial charge in [-0.1, -0.05) is 11.6 Å². The van der Waals surface area contributed by atoms with Crippen LogP contribution in [0, 0.1) is 6.92 Å². The van der Waals surface area contributed by atoms with Crippen LogP contribution in [0.4, 0.5) is 5.82 Å². The van der Waals surface area contributed by atoms with Gasteiger partial charge in [0.15, 0.2) is 0 Å². The van der Waals surface area contributed by atoms with Gasteiger partial charge >= 0.3 is 0 Å². The second-order valence-electron chi connectivity index (χ2n) is 6.12. The van der Waals surface area contributed by atoms with Crippen LogP contribution in [0.2, 0.25) is 5.02 Å². The Labute approximate surface area is 151 Å². The minimum Gasteiger partial charge on any atom is -0.352 e. The SMILES string of the molecule is Cc1csc(CN(C)c2ncc(C(=O)N3CCCCC3)cc2Cl)n1. The summed E-state index contributed by atoms with van der Waals surface area (Å²) in [7, 11) is 1.93. The molecule has 1 aliphatic rings. The largest absolute Gasteiger partial charge is 0.352 e. The molecule has 128 valence electrons. The molecular formula is C17H21ClN4OS. The molecule has 0 atom stereocenters. The summed E-state index contributed by atoms with van der Waals surface area (Å²) in [5.41, 5.74) is 1.58. The maximum atomic E-state index is 12.5. The Bertz CT molecular complexity index is 727. The average Bonchev–Trinajstić information content (AvgIpc) is 2.99. The van der Waals surface area contributed by atoms with Crippen LogP contribution in [0.3, 0.4) is 0 Å². The van der Waals surface area contributed by atoms with Crippen molar-refractivity contribution in [1.29, 1.82) is 0 Å². The maximum Gasteiger partial charge on any atom is 0.255 e. The Morgan fingerprint density at radius 3 is 2.75 bits per heavy atom. The van der Waals surface area contributed by atoms with Crippen LogP contribution < -0.4 is 4.90 Å². The minimum atomic E-state index is 0.0221. The monoisotopic (exact) mass is 364 g/mol. The normalized spacial score (nSPS) is 14.7. The van der Waals surface area contributed by atoms with Gasteiger partial charge in [0, 0.05) is 37.4 Å². The van der Waals surface area contributed by atoms with Gasteiger partial charge in [-0.3, -0.25) is 4.79 Å². The molecule has 1 amide bonds. The number of anilines is 1. The average molecular weight is 365 g/mol. The first kappa shape index (κ1) is 17.2. The number of aromatic nitrogens is 2. The third-order valence-corrected chi connectivity index (χ3v) is 5.34. The summed E-state index contributed by atoms with van der Waals surface area (Å²) in [5.74, 6) is 0.688. The van der Waals surface area contributed by atoms with E-state index in [9.17, 15) is 4.79 Å². The molecule has 3 rings (SSSR count). The summed E-state index contributed by atoms with van der Waals surface area (Å²) in [5, 5.41) is 3.54. The molecule has 0 spiro atoms. The van der Waals surface area contributed by atoms with E-state index in [1.54, 1.807) is 23.6 Å². The second-order valence-corrected chi connectivity index (χ2v) is 7.47. The zero-order valence-corrected chi connectivity index (χ0v) is 15.5. The Balaban J connectivity index is 1.72. The lowest BCUT2D eigenvalue weighted by atomic mass is 10.1. The van der Waals surface area contributed by atoms with Gasteiger partial charge in [-0.15, -0.1) is 11.3 Å². The van der Waals surface area contributed by atoms with Crippen molar-refractivity contribution in [1.82, 2.24) is 14.9 Å². The molecule has 0 aliphatic carbocycles. The van der Waals surface area contributed by atoms with Crippen molar-refractivity contribution in [2.45, 2.75) is 32.7 Å². The molecule has 5 nitrogen and oxygen atoms in total. The fourth-order valence-electron chi connectivity index (χ4n) is 2.86. The number of hydrogen-bond donors (Lipinski definition) is 0. The van der Waals surface area contributed by atoms with Crippen molar-refractivity contribution in [2.24, 2.45) is 0 Å². The van der Waals surface area contributed by atoms with Gasteiger partial charge in [0.1, 0.15) is 10.8 Å². The standard InChI is InChI=1S/C17H21ClN4OS/c1-12-11-24-15(20-12)10-21(2)16-14(18)8-13(9-19-16)17(23)22-6-4-3-5-7-22/h8-9,11H,3-7,10H2,1-2H3. The van der Waals surface area contributed by atoms with E-state index in [1.165, 1.54) is 6.42 Å².